The summed E-state index contributed by atoms with van der Waals surface area (Å²) in [5.74, 6) is 0.723. The van der Waals surface area contributed by atoms with Crippen molar-refractivity contribution in [3.63, 3.8) is 0 Å². The third-order valence-electron chi connectivity index (χ3n) is 4.26. The van der Waals surface area contributed by atoms with Gasteiger partial charge in [0.25, 0.3) is 5.91 Å². The first-order valence-corrected chi connectivity index (χ1v) is 9.89. The summed E-state index contributed by atoms with van der Waals surface area (Å²) >= 11 is 4.70. The predicted molar refractivity (Wildman–Crippen MR) is 103 cm³/mol. The third kappa shape index (κ3) is 3.36. The zero-order chi connectivity index (χ0) is 18.1. The molecule has 1 amide bonds. The quantitative estimate of drug-likeness (QED) is 0.589. The standard InChI is InChI=1S/C18H17BrN2O4S/c1-23-12-5-2-6-14-16(12)20-18(26-14)21(10-11-4-3-9-24-11)17(22)13-7-8-15(19)25-13/h2,5-8,11H,3-4,9-10H2,1H3. The van der Waals surface area contributed by atoms with Gasteiger partial charge in [-0.05, 0) is 53.0 Å². The van der Waals surface area contributed by atoms with E-state index in [-0.39, 0.29) is 17.8 Å². The van der Waals surface area contributed by atoms with E-state index in [4.69, 9.17) is 13.9 Å². The molecule has 0 spiro atoms. The van der Waals surface area contributed by atoms with Crippen molar-refractivity contribution in [2.45, 2.75) is 18.9 Å². The number of amides is 1. The Morgan fingerprint density at radius 2 is 2.31 bits per heavy atom. The molecule has 6 nitrogen and oxygen atoms in total. The van der Waals surface area contributed by atoms with E-state index in [2.05, 4.69) is 20.9 Å². The summed E-state index contributed by atoms with van der Waals surface area (Å²) in [5.41, 5.74) is 0.751. The Hall–Kier alpha value is -1.90. The minimum absolute atomic E-state index is 0.00580. The summed E-state index contributed by atoms with van der Waals surface area (Å²) in [4.78, 5) is 19.4. The van der Waals surface area contributed by atoms with Crippen molar-refractivity contribution >= 4 is 48.5 Å². The van der Waals surface area contributed by atoms with Crippen LogP contribution in [0.1, 0.15) is 23.4 Å². The van der Waals surface area contributed by atoms with Crippen LogP contribution in [-0.2, 0) is 4.74 Å². The number of fused-ring (bicyclic) bond motifs is 1. The third-order valence-corrected chi connectivity index (χ3v) is 5.73. The van der Waals surface area contributed by atoms with Gasteiger partial charge < -0.3 is 13.9 Å². The average molecular weight is 437 g/mol. The smallest absolute Gasteiger partial charge is 0.295 e. The van der Waals surface area contributed by atoms with Crippen LogP contribution in [0.2, 0.25) is 0 Å². The van der Waals surface area contributed by atoms with E-state index in [1.807, 2.05) is 18.2 Å². The highest BCUT2D eigenvalue weighted by Gasteiger charge is 2.29. The number of anilines is 1. The Labute approximate surface area is 162 Å². The van der Waals surface area contributed by atoms with Crippen molar-refractivity contribution in [3.05, 3.63) is 40.8 Å². The first kappa shape index (κ1) is 17.5. The van der Waals surface area contributed by atoms with Gasteiger partial charge in [0.2, 0.25) is 0 Å². The van der Waals surface area contributed by atoms with Crippen molar-refractivity contribution in [2.24, 2.45) is 0 Å². The van der Waals surface area contributed by atoms with Gasteiger partial charge in [-0.1, -0.05) is 17.4 Å². The number of methoxy groups -OCH3 is 1. The SMILES string of the molecule is COc1cccc2sc(N(CC3CCCO3)C(=O)c3ccc(Br)o3)nc12. The van der Waals surface area contributed by atoms with Crippen LogP contribution in [0.4, 0.5) is 5.13 Å². The number of nitrogens with zero attached hydrogens (tertiary/aromatic N) is 2. The first-order valence-electron chi connectivity index (χ1n) is 8.28. The Balaban J connectivity index is 1.73. The molecule has 1 aliphatic rings. The van der Waals surface area contributed by atoms with Crippen LogP contribution in [0.25, 0.3) is 10.2 Å². The zero-order valence-corrected chi connectivity index (χ0v) is 16.5. The first-order chi connectivity index (χ1) is 12.7. The fourth-order valence-corrected chi connectivity index (χ4v) is 4.29. The van der Waals surface area contributed by atoms with E-state index in [1.165, 1.54) is 11.3 Å². The molecule has 3 heterocycles. The molecular weight excluding hydrogens is 420 g/mol. The molecule has 1 atom stereocenters. The number of ether oxygens (including phenoxy) is 2. The Bertz CT molecular complexity index is 932. The summed E-state index contributed by atoms with van der Waals surface area (Å²) in [7, 11) is 1.61. The van der Waals surface area contributed by atoms with Gasteiger partial charge in [-0.15, -0.1) is 0 Å². The maximum absolute atomic E-state index is 13.1. The summed E-state index contributed by atoms with van der Waals surface area (Å²) in [6.45, 7) is 1.17. The highest BCUT2D eigenvalue weighted by atomic mass is 79.9. The number of halogens is 1. The van der Waals surface area contributed by atoms with E-state index in [0.29, 0.717) is 22.1 Å². The second-order valence-electron chi connectivity index (χ2n) is 5.96. The van der Waals surface area contributed by atoms with Crippen LogP contribution in [-0.4, -0.2) is 37.3 Å². The summed E-state index contributed by atoms with van der Waals surface area (Å²) in [6.07, 6.45) is 1.94. The molecule has 0 aliphatic carbocycles. The number of hydrogen-bond donors (Lipinski definition) is 0. The van der Waals surface area contributed by atoms with Gasteiger partial charge in [0.1, 0.15) is 11.3 Å². The maximum Gasteiger partial charge on any atom is 0.295 e. The molecule has 0 N–H and O–H groups in total. The molecule has 1 fully saturated rings. The fraction of sp³-hybridized carbons (Fsp3) is 0.333. The van der Waals surface area contributed by atoms with Crippen molar-refractivity contribution in [1.82, 2.24) is 4.98 Å². The van der Waals surface area contributed by atoms with Gasteiger partial charge in [-0.3, -0.25) is 9.69 Å². The molecule has 0 bridgehead atoms. The van der Waals surface area contributed by atoms with E-state index in [1.54, 1.807) is 24.1 Å². The molecule has 3 aromatic rings. The number of rotatable bonds is 5. The molecule has 1 aliphatic heterocycles. The molecule has 26 heavy (non-hydrogen) atoms. The number of aromatic nitrogens is 1. The van der Waals surface area contributed by atoms with Crippen LogP contribution in [0, 0.1) is 0 Å². The molecule has 1 saturated heterocycles. The highest BCUT2D eigenvalue weighted by molar-refractivity contribution is 9.10. The highest BCUT2D eigenvalue weighted by Crippen LogP contribution is 2.35. The van der Waals surface area contributed by atoms with Gasteiger partial charge in [0.05, 0.1) is 24.5 Å². The Morgan fingerprint density at radius 1 is 1.42 bits per heavy atom. The number of carbonyl (C=O) groups is 1. The number of para-hydroxylation sites is 1. The topological polar surface area (TPSA) is 64.8 Å². The summed E-state index contributed by atoms with van der Waals surface area (Å²) in [6, 6.07) is 9.11. The van der Waals surface area contributed by atoms with Crippen molar-refractivity contribution < 1.29 is 18.7 Å². The van der Waals surface area contributed by atoms with E-state index >= 15 is 0 Å². The fourth-order valence-electron chi connectivity index (χ4n) is 2.99. The maximum atomic E-state index is 13.1. The van der Waals surface area contributed by atoms with Gasteiger partial charge in [-0.25, -0.2) is 4.98 Å². The Morgan fingerprint density at radius 3 is 3.00 bits per heavy atom. The lowest BCUT2D eigenvalue weighted by Crippen LogP contribution is -2.37. The number of thiazole rings is 1. The average Bonchev–Trinajstić information content (AvgIpc) is 3.38. The largest absolute Gasteiger partial charge is 0.494 e. The monoisotopic (exact) mass is 436 g/mol. The molecule has 2 aromatic heterocycles. The van der Waals surface area contributed by atoms with Gasteiger partial charge in [0.15, 0.2) is 15.6 Å². The minimum atomic E-state index is -0.232. The summed E-state index contributed by atoms with van der Waals surface area (Å²) < 4.78 is 18.1. The van der Waals surface area contributed by atoms with E-state index < -0.39 is 0 Å². The van der Waals surface area contributed by atoms with Crippen molar-refractivity contribution in [1.29, 1.82) is 0 Å². The normalized spacial score (nSPS) is 16.9. The van der Waals surface area contributed by atoms with Gasteiger partial charge in [-0.2, -0.15) is 0 Å². The lowest BCUT2D eigenvalue weighted by atomic mass is 10.2. The van der Waals surface area contributed by atoms with Crippen LogP contribution in [0.5, 0.6) is 5.75 Å². The molecule has 0 saturated carbocycles. The predicted octanol–water partition coefficient (Wildman–Crippen LogP) is 4.49. The molecule has 1 unspecified atom stereocenters. The van der Waals surface area contributed by atoms with Gasteiger partial charge in [0, 0.05) is 6.61 Å². The second-order valence-corrected chi connectivity index (χ2v) is 7.75. The molecule has 8 heteroatoms. The minimum Gasteiger partial charge on any atom is -0.494 e. The number of furan rings is 1. The lowest BCUT2D eigenvalue weighted by molar-refractivity contribution is 0.0894. The molecule has 4 rings (SSSR count). The Kier molecular flexibility index (Phi) is 4.97. The molecular formula is C18H17BrN2O4S. The van der Waals surface area contributed by atoms with Crippen LogP contribution < -0.4 is 9.64 Å². The van der Waals surface area contributed by atoms with Crippen molar-refractivity contribution in [2.75, 3.05) is 25.2 Å². The van der Waals surface area contributed by atoms with Crippen LogP contribution >= 0.6 is 27.3 Å². The van der Waals surface area contributed by atoms with Crippen molar-refractivity contribution in [3.8, 4) is 5.75 Å². The number of hydrogen-bond acceptors (Lipinski definition) is 6. The number of benzene rings is 1. The molecule has 136 valence electrons. The van der Waals surface area contributed by atoms with Crippen LogP contribution in [0.15, 0.2) is 39.4 Å². The van der Waals surface area contributed by atoms with Crippen LogP contribution in [0.3, 0.4) is 0 Å². The van der Waals surface area contributed by atoms with Gasteiger partial charge >= 0.3 is 0 Å². The lowest BCUT2D eigenvalue weighted by Gasteiger charge is -2.22. The second kappa shape index (κ2) is 7.38. The van der Waals surface area contributed by atoms with E-state index in [0.717, 1.165) is 29.7 Å². The molecule has 1 aromatic carbocycles. The van der Waals surface area contributed by atoms with E-state index in [9.17, 15) is 4.79 Å². The zero-order valence-electron chi connectivity index (χ0n) is 14.1. The summed E-state index contributed by atoms with van der Waals surface area (Å²) in [5, 5.41) is 0.609. The number of carbonyl (C=O) groups excluding carboxylic acids is 1. The molecule has 0 radical (unpaired) electrons.